The molecule has 0 saturated carbocycles. The number of hydroxylamine groups is 2. The van der Waals surface area contributed by atoms with Crippen LogP contribution < -0.4 is 16.0 Å². The Labute approximate surface area is 256 Å². The number of hydrogen-bond donors (Lipinski definition) is 3. The third kappa shape index (κ3) is 7.23. The number of carbonyl (C=O) groups is 1. The first-order valence-electron chi connectivity index (χ1n) is 14.4. The molecule has 3 aliphatic heterocycles. The molecule has 244 valence electrons. The third-order valence-electron chi connectivity index (χ3n) is 8.28. The zero-order valence-corrected chi connectivity index (χ0v) is 24.9. The number of rotatable bonds is 5. The fourth-order valence-corrected chi connectivity index (χ4v) is 6.15. The Morgan fingerprint density at radius 2 is 1.78 bits per heavy atom. The highest BCUT2D eigenvalue weighted by Crippen LogP contribution is 2.39. The topological polar surface area (TPSA) is 91.9 Å². The molecule has 3 aliphatic rings. The van der Waals surface area contributed by atoms with E-state index in [1.54, 1.807) is 37.3 Å². The van der Waals surface area contributed by atoms with E-state index in [1.165, 1.54) is 6.92 Å². The molecule has 45 heavy (non-hydrogen) atoms. The average molecular weight is 639 g/mol. The molecule has 1 amide bonds. The minimum atomic E-state index is -5.03. The predicted molar refractivity (Wildman–Crippen MR) is 155 cm³/mol. The van der Waals surface area contributed by atoms with Crippen molar-refractivity contribution < 1.29 is 35.9 Å². The van der Waals surface area contributed by atoms with Crippen molar-refractivity contribution in [2.45, 2.75) is 63.8 Å². The van der Waals surface area contributed by atoms with Crippen LogP contribution in [0.4, 0.5) is 26.3 Å². The number of carbonyl (C=O) groups excluding carboxylic acids is 1. The average Bonchev–Trinajstić information content (AvgIpc) is 3.33. The van der Waals surface area contributed by atoms with Crippen molar-refractivity contribution in [1.82, 2.24) is 25.9 Å². The minimum absolute atomic E-state index is 0.0716. The van der Waals surface area contributed by atoms with Gasteiger partial charge in [0.25, 0.3) is 0 Å². The lowest BCUT2D eigenvalue weighted by molar-refractivity contribution is -0.143. The van der Waals surface area contributed by atoms with Crippen LogP contribution in [0.1, 0.15) is 48.1 Å². The Bertz CT molecular complexity index is 1480. The zero-order chi connectivity index (χ0) is 32.7. The normalized spacial score (nSPS) is 25.8. The summed E-state index contributed by atoms with van der Waals surface area (Å²) in [5.74, 6) is 0.0387. The number of alkyl halides is 6. The standard InChI is InChI=1S/C31H34F6N5O3/c1-18-6-4-5-7-23(18)26-14-27(41-9-8-29(3,16-41)40-19(2)43)45-28-24(15-38-17-39-28)25(42(26)44)12-20-10-21(30(32,33)34)13-22(11-20)31(35,36)37/h4-7,10-11,13-14,25,27,38-39H,8-9,12,15-17H2,1-3H3,(H,40,43)/q-1/b26-14-. The smallest absolute Gasteiger partial charge is 0.416 e. The third-order valence-corrected chi connectivity index (χ3v) is 8.28. The molecule has 2 aromatic rings. The van der Waals surface area contributed by atoms with E-state index in [0.717, 1.165) is 5.56 Å². The highest BCUT2D eigenvalue weighted by Gasteiger charge is 2.41. The van der Waals surface area contributed by atoms with E-state index in [9.17, 15) is 36.3 Å². The molecule has 1 saturated heterocycles. The van der Waals surface area contributed by atoms with E-state index < -0.39 is 47.7 Å². The van der Waals surface area contributed by atoms with Gasteiger partial charge in [-0.1, -0.05) is 24.3 Å². The van der Waals surface area contributed by atoms with Crippen LogP contribution in [-0.4, -0.2) is 60.0 Å². The van der Waals surface area contributed by atoms with E-state index in [0.29, 0.717) is 47.8 Å². The number of benzene rings is 2. The van der Waals surface area contributed by atoms with E-state index in [4.69, 9.17) is 4.74 Å². The van der Waals surface area contributed by atoms with Crippen molar-refractivity contribution in [3.05, 3.63) is 93.0 Å². The van der Waals surface area contributed by atoms with Crippen LogP contribution in [0, 0.1) is 12.1 Å². The van der Waals surface area contributed by atoms with Crippen molar-refractivity contribution in [2.75, 3.05) is 26.3 Å². The number of amides is 1. The number of halogens is 6. The number of aryl methyl sites for hydroxylation is 1. The van der Waals surface area contributed by atoms with Gasteiger partial charge in [0.1, 0.15) is 0 Å². The maximum Gasteiger partial charge on any atom is 0.416 e. The van der Waals surface area contributed by atoms with E-state index >= 15 is 0 Å². The second-order valence-corrected chi connectivity index (χ2v) is 11.9. The minimum Gasteiger partial charge on any atom is -0.758 e. The van der Waals surface area contributed by atoms with E-state index in [-0.39, 0.29) is 42.3 Å². The molecular weight excluding hydrogens is 604 g/mol. The number of hydrogen-bond acceptors (Lipinski definition) is 7. The summed E-state index contributed by atoms with van der Waals surface area (Å²) in [6.07, 6.45) is -9.06. The Kier molecular flexibility index (Phi) is 8.86. The van der Waals surface area contributed by atoms with Crippen LogP contribution in [0.15, 0.2) is 60.0 Å². The highest BCUT2D eigenvalue weighted by molar-refractivity contribution is 5.74. The molecule has 0 bridgehead atoms. The first kappa shape index (κ1) is 32.6. The summed E-state index contributed by atoms with van der Waals surface area (Å²) in [5, 5.41) is 24.3. The second kappa shape index (κ2) is 12.2. The van der Waals surface area contributed by atoms with Gasteiger partial charge >= 0.3 is 12.4 Å². The lowest BCUT2D eigenvalue weighted by Gasteiger charge is -2.47. The molecule has 3 N–H and O–H groups in total. The Balaban J connectivity index is 1.61. The van der Waals surface area contributed by atoms with Gasteiger partial charge in [-0.05, 0) is 67.7 Å². The van der Waals surface area contributed by atoms with Gasteiger partial charge in [-0.3, -0.25) is 15.0 Å². The largest absolute Gasteiger partial charge is 0.758 e. The molecule has 3 unspecified atom stereocenters. The fraction of sp³-hybridized carbons (Fsp3) is 0.452. The molecule has 8 nitrogen and oxygen atoms in total. The summed E-state index contributed by atoms with van der Waals surface area (Å²) in [5.41, 5.74) is -1.96. The molecule has 0 radical (unpaired) electrons. The van der Waals surface area contributed by atoms with Crippen molar-refractivity contribution in [1.29, 1.82) is 0 Å². The monoisotopic (exact) mass is 638 g/mol. The summed E-state index contributed by atoms with van der Waals surface area (Å²) in [7, 11) is 0. The number of nitrogens with zero attached hydrogens (tertiary/aromatic N) is 2. The van der Waals surface area contributed by atoms with Crippen molar-refractivity contribution in [2.24, 2.45) is 0 Å². The van der Waals surface area contributed by atoms with Crippen LogP contribution in [-0.2, 0) is 28.3 Å². The number of nitrogens with one attached hydrogen (secondary N) is 3. The molecule has 3 heterocycles. The summed E-state index contributed by atoms with van der Waals surface area (Å²) >= 11 is 0. The lowest BCUT2D eigenvalue weighted by atomic mass is 9.93. The summed E-state index contributed by atoms with van der Waals surface area (Å²) in [4.78, 5) is 13.8. The van der Waals surface area contributed by atoms with E-state index in [2.05, 4.69) is 16.0 Å². The number of ether oxygens (including phenoxy) is 1. The molecule has 5 rings (SSSR count). The molecule has 2 aromatic carbocycles. The summed E-state index contributed by atoms with van der Waals surface area (Å²) in [6.45, 7) is 6.44. The van der Waals surface area contributed by atoms with Crippen molar-refractivity contribution in [3.63, 3.8) is 0 Å². The van der Waals surface area contributed by atoms with Gasteiger partial charge in [-0.25, -0.2) is 0 Å². The number of likely N-dealkylation sites (tertiary alicyclic amines) is 1. The molecule has 1 fully saturated rings. The summed E-state index contributed by atoms with van der Waals surface area (Å²) < 4.78 is 88.7. The molecule has 0 aliphatic carbocycles. The van der Waals surface area contributed by atoms with Gasteiger partial charge in [-0.2, -0.15) is 26.3 Å². The Hall–Kier alpha value is -3.75. The SMILES string of the molecule is CC(=O)NC1(C)CCN(C2/C=C(/c3ccccc3C)N([O-])C(Cc3cc(C(F)(F)F)cc(C(F)(F)F)c3)C3=C(NCNC3)O2)C1. The van der Waals surface area contributed by atoms with Crippen LogP contribution >= 0.6 is 0 Å². The van der Waals surface area contributed by atoms with Gasteiger partial charge in [0.05, 0.1) is 23.3 Å². The van der Waals surface area contributed by atoms with Crippen LogP contribution in [0.2, 0.25) is 0 Å². The quantitative estimate of drug-likeness (QED) is 0.393. The highest BCUT2D eigenvalue weighted by atomic mass is 19.4. The second-order valence-electron chi connectivity index (χ2n) is 11.9. The maximum atomic E-state index is 14.5. The Morgan fingerprint density at radius 1 is 1.11 bits per heavy atom. The van der Waals surface area contributed by atoms with Gasteiger partial charge in [0.15, 0.2) is 12.1 Å². The zero-order valence-electron chi connectivity index (χ0n) is 24.9. The fourth-order valence-electron chi connectivity index (χ4n) is 6.15. The lowest BCUT2D eigenvalue weighted by Crippen LogP contribution is -2.50. The van der Waals surface area contributed by atoms with Crippen LogP contribution in [0.5, 0.6) is 0 Å². The van der Waals surface area contributed by atoms with Crippen LogP contribution in [0.25, 0.3) is 5.70 Å². The Morgan fingerprint density at radius 3 is 2.40 bits per heavy atom. The maximum absolute atomic E-state index is 14.5. The van der Waals surface area contributed by atoms with Gasteiger partial charge < -0.3 is 25.6 Å². The molecule has 0 aromatic heterocycles. The van der Waals surface area contributed by atoms with Crippen LogP contribution in [0.3, 0.4) is 0 Å². The van der Waals surface area contributed by atoms with E-state index in [1.807, 2.05) is 11.8 Å². The van der Waals surface area contributed by atoms with Crippen molar-refractivity contribution >= 4 is 11.6 Å². The van der Waals surface area contributed by atoms with Crippen molar-refractivity contribution in [3.8, 4) is 0 Å². The molecule has 3 atom stereocenters. The molecule has 14 heteroatoms. The molecular formula is C31H34F6N5O3-. The predicted octanol–water partition coefficient (Wildman–Crippen LogP) is 5.10. The molecule has 0 spiro atoms. The first-order chi connectivity index (χ1) is 21.0. The van der Waals surface area contributed by atoms with Gasteiger partial charge in [0, 0.05) is 43.9 Å². The summed E-state index contributed by atoms with van der Waals surface area (Å²) in [6, 6.07) is 7.21. The first-order valence-corrected chi connectivity index (χ1v) is 14.4. The van der Waals surface area contributed by atoms with Gasteiger partial charge in [0.2, 0.25) is 5.91 Å². The van der Waals surface area contributed by atoms with Gasteiger partial charge in [-0.15, -0.1) is 0 Å².